The number of hydrogen-bond acceptors (Lipinski definition) is 5. The molecule has 0 bridgehead atoms. The van der Waals surface area contributed by atoms with Crippen LogP contribution in [-0.4, -0.2) is 27.8 Å². The van der Waals surface area contributed by atoms with Crippen molar-refractivity contribution in [2.24, 2.45) is 0 Å². The second kappa shape index (κ2) is 9.68. The summed E-state index contributed by atoms with van der Waals surface area (Å²) in [7, 11) is 0. The summed E-state index contributed by atoms with van der Waals surface area (Å²) in [4.78, 5) is 30.2. The third kappa shape index (κ3) is 5.01. The lowest BCUT2D eigenvalue weighted by molar-refractivity contribution is -0.118. The van der Waals surface area contributed by atoms with Crippen molar-refractivity contribution >= 4 is 50.8 Å². The van der Waals surface area contributed by atoms with E-state index in [2.05, 4.69) is 10.3 Å². The third-order valence-corrected chi connectivity index (χ3v) is 6.87. The third-order valence-electron chi connectivity index (χ3n) is 4.79. The molecule has 0 aliphatic carbocycles. The molecular weight excluding hydrogens is 450 g/mol. The predicted octanol–water partition coefficient (Wildman–Crippen LogP) is 4.86. The smallest absolute Gasteiger partial charge is 0.276 e. The van der Waals surface area contributed by atoms with Gasteiger partial charge in [0.2, 0.25) is 5.91 Å². The number of hydrogen-bond donors (Lipinski definition) is 1. The van der Waals surface area contributed by atoms with Crippen molar-refractivity contribution in [3.8, 4) is 5.69 Å². The summed E-state index contributed by atoms with van der Waals surface area (Å²) < 4.78 is 2.22. The van der Waals surface area contributed by atoms with Crippen LogP contribution in [0.25, 0.3) is 15.9 Å². The number of carbonyl (C=O) groups excluding carboxylic acids is 1. The Bertz CT molecular complexity index is 1280. The van der Waals surface area contributed by atoms with E-state index in [4.69, 9.17) is 11.6 Å². The Labute approximate surface area is 193 Å². The quantitative estimate of drug-likeness (QED) is 0.310. The maximum Gasteiger partial charge on any atom is 0.276 e. The molecule has 0 saturated heterocycles. The molecule has 5 nitrogen and oxygen atoms in total. The van der Waals surface area contributed by atoms with Crippen LogP contribution < -0.4 is 10.9 Å². The van der Waals surface area contributed by atoms with Gasteiger partial charge < -0.3 is 5.32 Å². The van der Waals surface area contributed by atoms with Crippen molar-refractivity contribution < 1.29 is 4.79 Å². The molecular formula is C23H20ClN3O2S2. The Balaban J connectivity index is 1.49. The Morgan fingerprint density at radius 2 is 1.94 bits per heavy atom. The molecule has 0 spiro atoms. The molecule has 8 heteroatoms. The van der Waals surface area contributed by atoms with E-state index in [0.29, 0.717) is 26.9 Å². The van der Waals surface area contributed by atoms with Crippen LogP contribution in [0.5, 0.6) is 0 Å². The second-order valence-electron chi connectivity index (χ2n) is 6.97. The van der Waals surface area contributed by atoms with E-state index in [0.717, 1.165) is 23.2 Å². The monoisotopic (exact) mass is 469 g/mol. The maximum absolute atomic E-state index is 13.2. The average Bonchev–Trinajstić information content (AvgIpc) is 3.24. The highest BCUT2D eigenvalue weighted by Crippen LogP contribution is 2.24. The number of para-hydroxylation sites is 1. The zero-order chi connectivity index (χ0) is 21.8. The summed E-state index contributed by atoms with van der Waals surface area (Å²) in [6, 6.07) is 17.1. The van der Waals surface area contributed by atoms with Gasteiger partial charge in [-0.15, -0.1) is 11.3 Å². The summed E-state index contributed by atoms with van der Waals surface area (Å²) in [5.74, 6) is 0.0733. The Kier molecular flexibility index (Phi) is 6.75. The summed E-state index contributed by atoms with van der Waals surface area (Å²) in [5, 5.41) is 5.99. The number of halogens is 1. The molecule has 0 aliphatic heterocycles. The van der Waals surface area contributed by atoms with Crippen LogP contribution in [0.3, 0.4) is 0 Å². The first kappa shape index (κ1) is 21.6. The van der Waals surface area contributed by atoms with Crippen molar-refractivity contribution in [3.05, 3.63) is 86.5 Å². The number of nitrogens with zero attached hydrogens (tertiary/aromatic N) is 2. The molecule has 1 amide bonds. The number of thioether (sulfide) groups is 1. The standard InChI is InChI=1S/C23H20ClN3O2S2/c1-15-4-2-3-5-19(15)27-22(29)21-18(11-13-30-21)26-23(27)31-14-20(28)25-12-10-16-6-8-17(24)9-7-16/h2-9,11,13H,10,12,14H2,1H3,(H,25,28). The van der Waals surface area contributed by atoms with Gasteiger partial charge in [0.15, 0.2) is 5.16 Å². The number of aromatic nitrogens is 2. The fourth-order valence-electron chi connectivity index (χ4n) is 3.19. The Morgan fingerprint density at radius 1 is 1.16 bits per heavy atom. The van der Waals surface area contributed by atoms with Gasteiger partial charge in [0, 0.05) is 11.6 Å². The summed E-state index contributed by atoms with van der Waals surface area (Å²) in [5.41, 5.74) is 3.40. The van der Waals surface area contributed by atoms with E-state index in [-0.39, 0.29) is 17.2 Å². The molecule has 158 valence electrons. The number of benzene rings is 2. The SMILES string of the molecule is Cc1ccccc1-n1c(SCC(=O)NCCc2ccc(Cl)cc2)nc2ccsc2c1=O. The van der Waals surface area contributed by atoms with E-state index in [9.17, 15) is 9.59 Å². The number of nitrogens with one attached hydrogen (secondary N) is 1. The van der Waals surface area contributed by atoms with Gasteiger partial charge >= 0.3 is 0 Å². The fraction of sp³-hybridized carbons (Fsp3) is 0.174. The van der Waals surface area contributed by atoms with Crippen molar-refractivity contribution in [3.63, 3.8) is 0 Å². The van der Waals surface area contributed by atoms with E-state index in [1.165, 1.54) is 23.1 Å². The summed E-state index contributed by atoms with van der Waals surface area (Å²) in [6.07, 6.45) is 0.723. The molecule has 31 heavy (non-hydrogen) atoms. The Hall–Kier alpha value is -2.61. The molecule has 1 N–H and O–H groups in total. The number of amides is 1. The molecule has 2 aromatic carbocycles. The minimum Gasteiger partial charge on any atom is -0.355 e. The largest absolute Gasteiger partial charge is 0.355 e. The zero-order valence-corrected chi connectivity index (χ0v) is 19.2. The predicted molar refractivity (Wildman–Crippen MR) is 129 cm³/mol. The highest BCUT2D eigenvalue weighted by molar-refractivity contribution is 7.99. The maximum atomic E-state index is 13.2. The van der Waals surface area contributed by atoms with Gasteiger partial charge in [-0.05, 0) is 54.1 Å². The molecule has 0 aliphatic rings. The summed E-state index contributed by atoms with van der Waals surface area (Å²) >= 11 is 8.55. The van der Waals surface area contributed by atoms with Crippen LogP contribution in [0.1, 0.15) is 11.1 Å². The number of fused-ring (bicyclic) bond motifs is 1. The van der Waals surface area contributed by atoms with Gasteiger partial charge in [-0.3, -0.25) is 14.2 Å². The van der Waals surface area contributed by atoms with Crippen molar-refractivity contribution in [1.29, 1.82) is 0 Å². The van der Waals surface area contributed by atoms with E-state index in [1.807, 2.05) is 66.9 Å². The molecule has 2 aromatic heterocycles. The minimum atomic E-state index is -0.111. The van der Waals surface area contributed by atoms with Crippen LogP contribution in [0.4, 0.5) is 0 Å². The molecule has 0 atom stereocenters. The van der Waals surface area contributed by atoms with Crippen LogP contribution in [0.15, 0.2) is 69.9 Å². The lowest BCUT2D eigenvalue weighted by Crippen LogP contribution is -2.28. The van der Waals surface area contributed by atoms with Crippen molar-refractivity contribution in [2.75, 3.05) is 12.3 Å². The molecule has 0 saturated carbocycles. The molecule has 0 fully saturated rings. The fourth-order valence-corrected chi connectivity index (χ4v) is 4.92. The van der Waals surface area contributed by atoms with Crippen LogP contribution in [-0.2, 0) is 11.2 Å². The summed E-state index contributed by atoms with van der Waals surface area (Å²) in [6.45, 7) is 2.49. The van der Waals surface area contributed by atoms with E-state index >= 15 is 0 Å². The number of thiophene rings is 1. The first-order valence-electron chi connectivity index (χ1n) is 9.73. The normalized spacial score (nSPS) is 11.0. The van der Waals surface area contributed by atoms with Crippen molar-refractivity contribution in [1.82, 2.24) is 14.9 Å². The van der Waals surface area contributed by atoms with Crippen LogP contribution >= 0.6 is 34.7 Å². The first-order chi connectivity index (χ1) is 15.0. The van der Waals surface area contributed by atoms with Crippen LogP contribution in [0.2, 0.25) is 5.02 Å². The minimum absolute atomic E-state index is 0.102. The van der Waals surface area contributed by atoms with E-state index < -0.39 is 0 Å². The van der Waals surface area contributed by atoms with Gasteiger partial charge in [-0.2, -0.15) is 0 Å². The van der Waals surface area contributed by atoms with Gasteiger partial charge in [-0.1, -0.05) is 53.7 Å². The molecule has 0 radical (unpaired) electrons. The topological polar surface area (TPSA) is 64.0 Å². The lowest BCUT2D eigenvalue weighted by Gasteiger charge is -2.14. The first-order valence-corrected chi connectivity index (χ1v) is 12.0. The van der Waals surface area contributed by atoms with E-state index in [1.54, 1.807) is 4.57 Å². The number of aryl methyl sites for hydroxylation is 1. The van der Waals surface area contributed by atoms with Gasteiger partial charge in [0.05, 0.1) is 17.0 Å². The van der Waals surface area contributed by atoms with Gasteiger partial charge in [0.1, 0.15) is 4.70 Å². The molecule has 4 rings (SSSR count). The van der Waals surface area contributed by atoms with Crippen LogP contribution in [0, 0.1) is 6.92 Å². The molecule has 2 heterocycles. The average molecular weight is 470 g/mol. The zero-order valence-electron chi connectivity index (χ0n) is 16.8. The number of rotatable bonds is 7. The second-order valence-corrected chi connectivity index (χ2v) is 9.27. The number of carbonyl (C=O) groups is 1. The highest BCUT2D eigenvalue weighted by Gasteiger charge is 2.16. The van der Waals surface area contributed by atoms with Crippen molar-refractivity contribution in [2.45, 2.75) is 18.5 Å². The molecule has 4 aromatic rings. The highest BCUT2D eigenvalue weighted by atomic mass is 35.5. The lowest BCUT2D eigenvalue weighted by atomic mass is 10.1. The van der Waals surface area contributed by atoms with Gasteiger partial charge in [0.25, 0.3) is 5.56 Å². The van der Waals surface area contributed by atoms with Gasteiger partial charge in [-0.25, -0.2) is 4.98 Å². The Morgan fingerprint density at radius 3 is 2.71 bits per heavy atom. The molecule has 0 unspecified atom stereocenters.